The summed E-state index contributed by atoms with van der Waals surface area (Å²) in [5.41, 5.74) is 1.32. The summed E-state index contributed by atoms with van der Waals surface area (Å²) in [5.74, 6) is -0.387. The lowest BCUT2D eigenvalue weighted by Crippen LogP contribution is -2.04. The minimum absolute atomic E-state index is 0.338. The SMILES string of the molecule is CCOC(=O)c1cn(-c2ccc(I)cc2)c(SC)n1. The van der Waals surface area contributed by atoms with Gasteiger partial charge in [-0.25, -0.2) is 9.78 Å². The van der Waals surface area contributed by atoms with Gasteiger partial charge in [0.1, 0.15) is 0 Å². The highest BCUT2D eigenvalue weighted by molar-refractivity contribution is 14.1. The largest absolute Gasteiger partial charge is 0.461 e. The number of hydrogen-bond acceptors (Lipinski definition) is 4. The topological polar surface area (TPSA) is 44.1 Å². The molecule has 0 amide bonds. The van der Waals surface area contributed by atoms with Crippen LogP contribution in [-0.2, 0) is 4.74 Å². The standard InChI is InChI=1S/C13H13IN2O2S/c1-3-18-12(17)11-8-16(13(15-11)19-2)10-6-4-9(14)5-7-10/h4-8H,3H2,1-2H3. The van der Waals surface area contributed by atoms with Crippen LogP contribution in [0, 0.1) is 3.57 Å². The molecule has 0 aliphatic rings. The zero-order chi connectivity index (χ0) is 13.8. The molecule has 0 fully saturated rings. The van der Waals surface area contributed by atoms with E-state index in [-0.39, 0.29) is 5.97 Å². The normalized spacial score (nSPS) is 10.5. The lowest BCUT2D eigenvalue weighted by Gasteiger charge is -2.05. The Morgan fingerprint density at radius 1 is 1.42 bits per heavy atom. The number of aromatic nitrogens is 2. The summed E-state index contributed by atoms with van der Waals surface area (Å²) in [4.78, 5) is 16.0. The first-order valence-electron chi connectivity index (χ1n) is 5.72. The number of carbonyl (C=O) groups is 1. The highest BCUT2D eigenvalue weighted by Gasteiger charge is 2.15. The maximum atomic E-state index is 11.7. The predicted octanol–water partition coefficient (Wildman–Crippen LogP) is 3.38. The van der Waals surface area contributed by atoms with Gasteiger partial charge in [0.25, 0.3) is 0 Å². The fourth-order valence-corrected chi connectivity index (χ4v) is 2.50. The van der Waals surface area contributed by atoms with Gasteiger partial charge >= 0.3 is 5.97 Å². The minimum atomic E-state index is -0.387. The molecule has 1 aromatic heterocycles. The summed E-state index contributed by atoms with van der Waals surface area (Å²) in [6.45, 7) is 2.13. The summed E-state index contributed by atoms with van der Waals surface area (Å²) in [6.07, 6.45) is 3.65. The van der Waals surface area contributed by atoms with E-state index in [2.05, 4.69) is 27.6 Å². The molecule has 2 rings (SSSR count). The summed E-state index contributed by atoms with van der Waals surface area (Å²) >= 11 is 3.75. The Morgan fingerprint density at radius 3 is 2.68 bits per heavy atom. The number of carbonyl (C=O) groups excluding carboxylic acids is 1. The molecule has 0 bridgehead atoms. The molecule has 0 spiro atoms. The summed E-state index contributed by atoms with van der Waals surface area (Å²) in [5, 5.41) is 0.768. The van der Waals surface area contributed by atoms with Gasteiger partial charge < -0.3 is 4.74 Å². The van der Waals surface area contributed by atoms with Gasteiger partial charge in [-0.2, -0.15) is 0 Å². The van der Waals surface area contributed by atoms with E-state index in [1.165, 1.54) is 11.8 Å². The zero-order valence-corrected chi connectivity index (χ0v) is 13.6. The Morgan fingerprint density at radius 2 is 2.11 bits per heavy atom. The average Bonchev–Trinajstić information content (AvgIpc) is 2.84. The van der Waals surface area contributed by atoms with Crippen molar-refractivity contribution < 1.29 is 9.53 Å². The third kappa shape index (κ3) is 3.30. The van der Waals surface area contributed by atoms with Crippen LogP contribution in [0.2, 0.25) is 0 Å². The molecular weight excluding hydrogens is 375 g/mol. The molecule has 0 aliphatic heterocycles. The van der Waals surface area contributed by atoms with Gasteiger partial charge in [0.2, 0.25) is 0 Å². The van der Waals surface area contributed by atoms with Crippen molar-refractivity contribution in [3.63, 3.8) is 0 Å². The second kappa shape index (κ2) is 6.42. The number of thioether (sulfide) groups is 1. The molecule has 100 valence electrons. The second-order valence-corrected chi connectivity index (χ2v) is 5.70. The average molecular weight is 388 g/mol. The van der Waals surface area contributed by atoms with E-state index < -0.39 is 0 Å². The van der Waals surface area contributed by atoms with Crippen molar-refractivity contribution in [2.75, 3.05) is 12.9 Å². The van der Waals surface area contributed by atoms with Crippen LogP contribution in [-0.4, -0.2) is 28.4 Å². The number of rotatable bonds is 4. The van der Waals surface area contributed by atoms with Crippen molar-refractivity contribution in [3.05, 3.63) is 39.7 Å². The Balaban J connectivity index is 2.39. The van der Waals surface area contributed by atoms with Crippen LogP contribution in [0.25, 0.3) is 5.69 Å². The first-order chi connectivity index (χ1) is 9.15. The summed E-state index contributed by atoms with van der Waals surface area (Å²) in [6, 6.07) is 8.03. The van der Waals surface area contributed by atoms with E-state index in [1.54, 1.807) is 13.1 Å². The van der Waals surface area contributed by atoms with E-state index in [4.69, 9.17) is 4.74 Å². The maximum Gasteiger partial charge on any atom is 0.358 e. The molecule has 1 heterocycles. The fourth-order valence-electron chi connectivity index (χ4n) is 1.60. The van der Waals surface area contributed by atoms with Crippen molar-refractivity contribution in [1.82, 2.24) is 9.55 Å². The quantitative estimate of drug-likeness (QED) is 0.458. The Hall–Kier alpha value is -1.02. The molecule has 19 heavy (non-hydrogen) atoms. The van der Waals surface area contributed by atoms with Crippen molar-refractivity contribution >= 4 is 40.3 Å². The molecule has 2 aromatic rings. The van der Waals surface area contributed by atoms with Crippen molar-refractivity contribution in [3.8, 4) is 5.69 Å². The minimum Gasteiger partial charge on any atom is -0.461 e. The zero-order valence-electron chi connectivity index (χ0n) is 10.6. The fraction of sp³-hybridized carbons (Fsp3) is 0.231. The van der Waals surface area contributed by atoms with Crippen LogP contribution in [0.4, 0.5) is 0 Å². The molecule has 6 heteroatoms. The summed E-state index contributed by atoms with van der Waals surface area (Å²) in [7, 11) is 0. The Kier molecular flexibility index (Phi) is 4.87. The lowest BCUT2D eigenvalue weighted by molar-refractivity contribution is 0.0519. The van der Waals surface area contributed by atoms with Crippen molar-refractivity contribution in [1.29, 1.82) is 0 Å². The van der Waals surface area contributed by atoms with Crippen LogP contribution in [0.15, 0.2) is 35.6 Å². The predicted molar refractivity (Wildman–Crippen MR) is 84.0 cm³/mol. The molecule has 0 saturated heterocycles. The Bertz CT molecular complexity index is 581. The third-order valence-electron chi connectivity index (χ3n) is 2.45. The lowest BCUT2D eigenvalue weighted by atomic mass is 10.3. The molecule has 0 N–H and O–H groups in total. The maximum absolute atomic E-state index is 11.7. The number of benzene rings is 1. The van der Waals surface area contributed by atoms with Gasteiger partial charge in [-0.1, -0.05) is 11.8 Å². The molecule has 0 radical (unpaired) electrons. The second-order valence-electron chi connectivity index (χ2n) is 3.68. The highest BCUT2D eigenvalue weighted by atomic mass is 127. The molecule has 0 atom stereocenters. The van der Waals surface area contributed by atoms with E-state index in [9.17, 15) is 4.79 Å². The van der Waals surface area contributed by atoms with Crippen molar-refractivity contribution in [2.24, 2.45) is 0 Å². The van der Waals surface area contributed by atoms with E-state index in [0.717, 1.165) is 14.4 Å². The van der Waals surface area contributed by atoms with Gasteiger partial charge in [-0.15, -0.1) is 0 Å². The molecule has 4 nitrogen and oxygen atoms in total. The number of hydrogen-bond donors (Lipinski definition) is 0. The molecule has 0 aliphatic carbocycles. The number of imidazole rings is 1. The van der Waals surface area contributed by atoms with E-state index >= 15 is 0 Å². The van der Waals surface area contributed by atoms with E-state index in [1.807, 2.05) is 35.1 Å². The smallest absolute Gasteiger partial charge is 0.358 e. The molecule has 1 aromatic carbocycles. The van der Waals surface area contributed by atoms with Gasteiger partial charge in [-0.3, -0.25) is 4.57 Å². The molecule has 0 saturated carbocycles. The van der Waals surface area contributed by atoms with Crippen LogP contribution < -0.4 is 0 Å². The van der Waals surface area contributed by atoms with Gasteiger partial charge in [0, 0.05) is 15.5 Å². The number of nitrogens with zero attached hydrogens (tertiary/aromatic N) is 2. The first-order valence-corrected chi connectivity index (χ1v) is 8.02. The Labute approximate surface area is 129 Å². The van der Waals surface area contributed by atoms with Crippen LogP contribution in [0.5, 0.6) is 0 Å². The highest BCUT2D eigenvalue weighted by Crippen LogP contribution is 2.21. The van der Waals surface area contributed by atoms with E-state index in [0.29, 0.717) is 12.3 Å². The number of halogens is 1. The van der Waals surface area contributed by atoms with Gasteiger partial charge in [-0.05, 0) is 60.0 Å². The van der Waals surface area contributed by atoms with Crippen LogP contribution >= 0.6 is 34.4 Å². The first kappa shape index (κ1) is 14.4. The van der Waals surface area contributed by atoms with Crippen molar-refractivity contribution in [2.45, 2.75) is 12.1 Å². The van der Waals surface area contributed by atoms with Crippen LogP contribution in [0.1, 0.15) is 17.4 Å². The third-order valence-corrected chi connectivity index (χ3v) is 3.82. The molecule has 0 unspecified atom stereocenters. The monoisotopic (exact) mass is 388 g/mol. The number of esters is 1. The van der Waals surface area contributed by atoms with Crippen LogP contribution in [0.3, 0.4) is 0 Å². The van der Waals surface area contributed by atoms with Gasteiger partial charge in [0.15, 0.2) is 10.9 Å². The summed E-state index contributed by atoms with van der Waals surface area (Å²) < 4.78 is 8.03. The number of ether oxygens (including phenoxy) is 1. The van der Waals surface area contributed by atoms with Gasteiger partial charge in [0.05, 0.1) is 6.61 Å². The molecular formula is C13H13IN2O2S.